The van der Waals surface area contributed by atoms with Crippen LogP contribution < -0.4 is 0 Å². The average Bonchev–Trinajstić information content (AvgIpc) is 1.65. The minimum absolute atomic E-state index is 0.509. The molecule has 6 heavy (non-hydrogen) atoms. The zero-order valence-corrected chi connectivity index (χ0v) is 6.09. The molecule has 0 aliphatic carbocycles. The highest BCUT2D eigenvalue weighted by molar-refractivity contribution is 9.13. The Hall–Kier alpha value is 0.630. The van der Waals surface area contributed by atoms with Gasteiger partial charge in [-0.25, -0.2) is 4.39 Å². The van der Waals surface area contributed by atoms with Crippen LogP contribution in [0.2, 0.25) is 0 Å². The quantitative estimate of drug-likeness (QED) is 0.593. The number of hydrogen-bond acceptors (Lipinski definition) is 0. The molecule has 0 aromatic heterocycles. The number of hydrogen-bond donors (Lipinski definition) is 0. The fraction of sp³-hybridized carbons (Fsp3) is 0.333. The Bertz CT molecular complexity index is 59.8. The predicted molar refractivity (Wildman–Crippen MR) is 31.9 cm³/mol. The van der Waals surface area contributed by atoms with Crippen LogP contribution in [0.4, 0.5) is 4.39 Å². The van der Waals surface area contributed by atoms with E-state index in [1.807, 2.05) is 0 Å². The Balaban J connectivity index is 3.22. The zero-order chi connectivity index (χ0) is 4.99. The molecule has 0 heterocycles. The SMILES string of the molecule is F/C=C(/Br)CBr. The van der Waals surface area contributed by atoms with Crippen molar-refractivity contribution in [3.05, 3.63) is 10.8 Å². The molecule has 0 aliphatic heterocycles. The maximum Gasteiger partial charge on any atom is 0.0976 e. The maximum absolute atomic E-state index is 11.1. The molecule has 0 aromatic rings. The van der Waals surface area contributed by atoms with Gasteiger partial charge in [-0.2, -0.15) is 0 Å². The molecule has 36 valence electrons. The van der Waals surface area contributed by atoms with Crippen LogP contribution in [-0.4, -0.2) is 5.33 Å². The molecule has 0 rings (SSSR count). The summed E-state index contributed by atoms with van der Waals surface area (Å²) in [5, 5.41) is 0.545. The maximum atomic E-state index is 11.1. The summed E-state index contributed by atoms with van der Waals surface area (Å²) >= 11 is 5.93. The molecule has 0 atom stereocenters. The van der Waals surface area contributed by atoms with Crippen molar-refractivity contribution in [3.63, 3.8) is 0 Å². The smallest absolute Gasteiger partial charge is 0.0976 e. The van der Waals surface area contributed by atoms with Crippen LogP contribution in [0.3, 0.4) is 0 Å². The third-order valence-electron chi connectivity index (χ3n) is 0.246. The molecule has 0 bridgehead atoms. The largest absolute Gasteiger partial charge is 0.215 e. The van der Waals surface area contributed by atoms with E-state index < -0.39 is 0 Å². The van der Waals surface area contributed by atoms with E-state index in [4.69, 9.17) is 0 Å². The molecule has 0 aromatic carbocycles. The van der Waals surface area contributed by atoms with Crippen molar-refractivity contribution >= 4 is 31.9 Å². The van der Waals surface area contributed by atoms with E-state index in [1.54, 1.807) is 0 Å². The van der Waals surface area contributed by atoms with Gasteiger partial charge in [-0.3, -0.25) is 0 Å². The number of alkyl halides is 1. The van der Waals surface area contributed by atoms with Gasteiger partial charge in [0.25, 0.3) is 0 Å². The number of halogens is 3. The van der Waals surface area contributed by atoms with Gasteiger partial charge in [-0.15, -0.1) is 0 Å². The van der Waals surface area contributed by atoms with E-state index in [0.717, 1.165) is 0 Å². The van der Waals surface area contributed by atoms with Crippen molar-refractivity contribution in [2.24, 2.45) is 0 Å². The van der Waals surface area contributed by atoms with Gasteiger partial charge in [0.2, 0.25) is 0 Å². The first kappa shape index (κ1) is 6.63. The lowest BCUT2D eigenvalue weighted by Gasteiger charge is -1.77. The van der Waals surface area contributed by atoms with Gasteiger partial charge < -0.3 is 0 Å². The normalized spacial score (nSPS) is 12.2. The second-order valence-electron chi connectivity index (χ2n) is 0.690. The van der Waals surface area contributed by atoms with Crippen molar-refractivity contribution < 1.29 is 4.39 Å². The highest BCUT2D eigenvalue weighted by Crippen LogP contribution is 2.06. The highest BCUT2D eigenvalue weighted by Gasteiger charge is 1.80. The van der Waals surface area contributed by atoms with Gasteiger partial charge in [0, 0.05) is 9.81 Å². The minimum Gasteiger partial charge on any atom is -0.215 e. The number of allylic oxidation sites excluding steroid dienone is 1. The minimum atomic E-state index is 0.509. The zero-order valence-electron chi connectivity index (χ0n) is 2.92. The lowest BCUT2D eigenvalue weighted by atomic mass is 10.8. The second kappa shape index (κ2) is 3.81. The monoisotopic (exact) mass is 216 g/mol. The van der Waals surface area contributed by atoms with Crippen molar-refractivity contribution in [1.82, 2.24) is 0 Å². The number of rotatable bonds is 1. The molecule has 0 unspecified atom stereocenters. The van der Waals surface area contributed by atoms with Crippen molar-refractivity contribution in [1.29, 1.82) is 0 Å². The van der Waals surface area contributed by atoms with E-state index in [0.29, 0.717) is 16.1 Å². The summed E-state index contributed by atoms with van der Waals surface area (Å²) in [6, 6.07) is 0. The first-order chi connectivity index (χ1) is 2.81. The van der Waals surface area contributed by atoms with E-state index in [2.05, 4.69) is 31.9 Å². The molecular weight excluding hydrogens is 215 g/mol. The van der Waals surface area contributed by atoms with Crippen LogP contribution in [0.15, 0.2) is 10.8 Å². The van der Waals surface area contributed by atoms with Crippen molar-refractivity contribution in [2.75, 3.05) is 5.33 Å². The van der Waals surface area contributed by atoms with Gasteiger partial charge in [-0.1, -0.05) is 31.9 Å². The summed E-state index contributed by atoms with van der Waals surface area (Å²) in [4.78, 5) is 0. The molecule has 0 fully saturated rings. The average molecular weight is 218 g/mol. The van der Waals surface area contributed by atoms with Crippen molar-refractivity contribution in [3.8, 4) is 0 Å². The molecule has 0 N–H and O–H groups in total. The van der Waals surface area contributed by atoms with E-state index in [1.165, 1.54) is 0 Å². The van der Waals surface area contributed by atoms with Crippen LogP contribution in [0.25, 0.3) is 0 Å². The lowest BCUT2D eigenvalue weighted by molar-refractivity contribution is 0.718. The topological polar surface area (TPSA) is 0 Å². The third kappa shape index (κ3) is 2.85. The standard InChI is InChI=1S/C3H3Br2F/c4-1-3(5)2-6/h2H,1H2/b3-2+. The Labute approximate surface area is 52.7 Å². The molecule has 0 radical (unpaired) electrons. The summed E-state index contributed by atoms with van der Waals surface area (Å²) in [5.74, 6) is 0. The predicted octanol–water partition coefficient (Wildman–Crippen LogP) is 2.59. The highest BCUT2D eigenvalue weighted by atomic mass is 79.9. The Kier molecular flexibility index (Phi) is 4.21. The fourth-order valence-electron chi connectivity index (χ4n) is 0.0292. The molecular formula is C3H3Br2F. The van der Waals surface area contributed by atoms with Gasteiger partial charge in [0.1, 0.15) is 0 Å². The van der Waals surface area contributed by atoms with Crippen LogP contribution in [0, 0.1) is 0 Å². The van der Waals surface area contributed by atoms with E-state index in [-0.39, 0.29) is 0 Å². The Morgan fingerprint density at radius 1 is 1.83 bits per heavy atom. The fourth-order valence-corrected chi connectivity index (χ4v) is 0.152. The van der Waals surface area contributed by atoms with Gasteiger partial charge in [0.05, 0.1) is 6.33 Å². The van der Waals surface area contributed by atoms with Crippen LogP contribution in [0.1, 0.15) is 0 Å². The summed E-state index contributed by atoms with van der Waals surface area (Å²) in [6.07, 6.45) is 0.509. The Morgan fingerprint density at radius 2 is 2.33 bits per heavy atom. The molecule has 0 amide bonds. The summed E-state index contributed by atoms with van der Waals surface area (Å²) in [6.45, 7) is 0. The summed E-state index contributed by atoms with van der Waals surface area (Å²) in [7, 11) is 0. The van der Waals surface area contributed by atoms with Crippen LogP contribution in [0.5, 0.6) is 0 Å². The van der Waals surface area contributed by atoms with Crippen molar-refractivity contribution in [2.45, 2.75) is 0 Å². The molecule has 0 spiro atoms. The van der Waals surface area contributed by atoms with Crippen LogP contribution in [-0.2, 0) is 0 Å². The second-order valence-corrected chi connectivity index (χ2v) is 2.27. The molecule has 0 saturated heterocycles. The van der Waals surface area contributed by atoms with Gasteiger partial charge in [0.15, 0.2) is 0 Å². The lowest BCUT2D eigenvalue weighted by Crippen LogP contribution is -1.62. The molecule has 0 saturated carbocycles. The molecule has 3 heteroatoms. The molecule has 0 nitrogen and oxygen atoms in total. The van der Waals surface area contributed by atoms with E-state index in [9.17, 15) is 4.39 Å². The summed E-state index contributed by atoms with van der Waals surface area (Å²) < 4.78 is 11.7. The van der Waals surface area contributed by atoms with Gasteiger partial charge >= 0.3 is 0 Å². The third-order valence-corrected chi connectivity index (χ3v) is 2.06. The van der Waals surface area contributed by atoms with Gasteiger partial charge in [-0.05, 0) is 0 Å². The first-order valence-corrected chi connectivity index (χ1v) is 3.23. The van der Waals surface area contributed by atoms with E-state index >= 15 is 0 Å². The first-order valence-electron chi connectivity index (χ1n) is 1.32. The Morgan fingerprint density at radius 3 is 2.33 bits per heavy atom. The molecule has 0 aliphatic rings. The van der Waals surface area contributed by atoms with Crippen LogP contribution >= 0.6 is 31.9 Å². The summed E-state index contributed by atoms with van der Waals surface area (Å²) in [5.41, 5.74) is 0.